The molecule has 2 aromatic heterocycles. The van der Waals surface area contributed by atoms with Gasteiger partial charge in [0.1, 0.15) is 12.4 Å². The number of fused-ring (bicyclic) bond motifs is 1. The average molecular weight is 266 g/mol. The Bertz CT molecular complexity index is 701. The molecule has 0 aliphatic rings. The van der Waals surface area contributed by atoms with Crippen LogP contribution in [0.25, 0.3) is 10.9 Å². The van der Waals surface area contributed by atoms with E-state index >= 15 is 0 Å². The molecule has 102 valence electrons. The Morgan fingerprint density at radius 3 is 2.85 bits per heavy atom. The number of nitrogens with zero attached hydrogens (tertiary/aromatic N) is 1. The van der Waals surface area contributed by atoms with Crippen molar-refractivity contribution in [3.8, 4) is 5.75 Å². The van der Waals surface area contributed by atoms with Gasteiger partial charge < -0.3 is 9.72 Å². The van der Waals surface area contributed by atoms with Crippen LogP contribution in [0.5, 0.6) is 5.75 Å². The van der Waals surface area contributed by atoms with Gasteiger partial charge in [-0.2, -0.15) is 0 Å². The Hall–Kier alpha value is -2.29. The van der Waals surface area contributed by atoms with E-state index in [4.69, 9.17) is 4.74 Å². The molecule has 1 N–H and O–H groups in total. The number of hydrogen-bond acceptors (Lipinski definition) is 2. The van der Waals surface area contributed by atoms with Crippen LogP contribution in [-0.2, 0) is 6.61 Å². The van der Waals surface area contributed by atoms with Crippen molar-refractivity contribution >= 4 is 10.9 Å². The Kier molecular flexibility index (Phi) is 3.42. The molecular weight excluding hydrogens is 248 g/mol. The maximum atomic E-state index is 5.81. The van der Waals surface area contributed by atoms with Gasteiger partial charge in [-0.25, -0.2) is 0 Å². The molecular formula is C17H18N2O. The number of H-pyrrole nitrogens is 1. The third-order valence-electron chi connectivity index (χ3n) is 3.37. The number of pyridine rings is 1. The Balaban J connectivity index is 1.78. The van der Waals surface area contributed by atoms with Crippen LogP contribution in [0, 0.1) is 0 Å². The maximum absolute atomic E-state index is 5.81. The molecule has 0 amide bonds. The SMILES string of the molecule is CC(C)c1cc2ccc(OCc3cccnc3)cc2[nH]1. The van der Waals surface area contributed by atoms with E-state index in [9.17, 15) is 0 Å². The number of nitrogens with one attached hydrogen (secondary N) is 1. The normalized spacial score (nSPS) is 11.2. The number of aromatic nitrogens is 2. The first-order chi connectivity index (χ1) is 9.72. The van der Waals surface area contributed by atoms with Crippen LogP contribution in [0.3, 0.4) is 0 Å². The summed E-state index contributed by atoms with van der Waals surface area (Å²) in [5.41, 5.74) is 3.45. The first-order valence-electron chi connectivity index (χ1n) is 6.87. The van der Waals surface area contributed by atoms with E-state index in [1.54, 1.807) is 6.20 Å². The van der Waals surface area contributed by atoms with Gasteiger partial charge in [0.2, 0.25) is 0 Å². The molecule has 20 heavy (non-hydrogen) atoms. The molecule has 3 nitrogen and oxygen atoms in total. The quantitative estimate of drug-likeness (QED) is 0.766. The molecule has 0 aliphatic carbocycles. The summed E-state index contributed by atoms with van der Waals surface area (Å²) < 4.78 is 5.81. The standard InChI is InChI=1S/C17H18N2O/c1-12(2)16-8-14-5-6-15(9-17(14)19-16)20-11-13-4-3-7-18-10-13/h3-10,12,19H,11H2,1-2H3. The van der Waals surface area contributed by atoms with Crippen LogP contribution in [0.1, 0.15) is 31.0 Å². The number of aromatic amines is 1. The van der Waals surface area contributed by atoms with Gasteiger partial charge >= 0.3 is 0 Å². The van der Waals surface area contributed by atoms with Crippen molar-refractivity contribution in [1.82, 2.24) is 9.97 Å². The van der Waals surface area contributed by atoms with Gasteiger partial charge in [0.05, 0.1) is 0 Å². The molecule has 0 radical (unpaired) electrons. The van der Waals surface area contributed by atoms with E-state index < -0.39 is 0 Å². The van der Waals surface area contributed by atoms with Crippen LogP contribution < -0.4 is 4.74 Å². The highest BCUT2D eigenvalue weighted by atomic mass is 16.5. The van der Waals surface area contributed by atoms with Gasteiger partial charge in [0.15, 0.2) is 0 Å². The lowest BCUT2D eigenvalue weighted by Crippen LogP contribution is -1.95. The van der Waals surface area contributed by atoms with Crippen LogP contribution in [0.15, 0.2) is 48.8 Å². The molecule has 2 heterocycles. The van der Waals surface area contributed by atoms with Gasteiger partial charge in [-0.15, -0.1) is 0 Å². The Labute approximate surface area is 118 Å². The minimum absolute atomic E-state index is 0.502. The molecule has 0 atom stereocenters. The van der Waals surface area contributed by atoms with E-state index in [2.05, 4.69) is 42.0 Å². The predicted octanol–water partition coefficient (Wildman–Crippen LogP) is 4.27. The number of hydrogen-bond donors (Lipinski definition) is 1. The van der Waals surface area contributed by atoms with Gasteiger partial charge in [-0.1, -0.05) is 19.9 Å². The highest BCUT2D eigenvalue weighted by Gasteiger charge is 2.05. The number of benzene rings is 1. The molecule has 3 aromatic rings. The van der Waals surface area contributed by atoms with Crippen molar-refractivity contribution in [1.29, 1.82) is 0 Å². The highest BCUT2D eigenvalue weighted by Crippen LogP contribution is 2.25. The monoisotopic (exact) mass is 266 g/mol. The molecule has 0 bridgehead atoms. The molecule has 0 spiro atoms. The van der Waals surface area contributed by atoms with Crippen molar-refractivity contribution in [2.75, 3.05) is 0 Å². The first kappa shape index (κ1) is 12.7. The second-order valence-electron chi connectivity index (χ2n) is 5.28. The van der Waals surface area contributed by atoms with Crippen molar-refractivity contribution in [2.45, 2.75) is 26.4 Å². The zero-order valence-electron chi connectivity index (χ0n) is 11.8. The minimum Gasteiger partial charge on any atom is -0.489 e. The van der Waals surface area contributed by atoms with Gasteiger partial charge in [-0.3, -0.25) is 4.98 Å². The number of ether oxygens (including phenoxy) is 1. The van der Waals surface area contributed by atoms with Gasteiger partial charge in [0, 0.05) is 35.2 Å². The Morgan fingerprint density at radius 1 is 1.20 bits per heavy atom. The van der Waals surface area contributed by atoms with Gasteiger partial charge in [0.25, 0.3) is 0 Å². The van der Waals surface area contributed by atoms with Crippen LogP contribution in [0.2, 0.25) is 0 Å². The second-order valence-corrected chi connectivity index (χ2v) is 5.28. The molecule has 0 saturated carbocycles. The van der Waals surface area contributed by atoms with Gasteiger partial charge in [-0.05, 0) is 35.6 Å². The number of rotatable bonds is 4. The fraction of sp³-hybridized carbons (Fsp3) is 0.235. The second kappa shape index (κ2) is 5.37. The first-order valence-corrected chi connectivity index (χ1v) is 6.87. The van der Waals surface area contributed by atoms with Crippen LogP contribution in [-0.4, -0.2) is 9.97 Å². The molecule has 0 aliphatic heterocycles. The fourth-order valence-corrected chi connectivity index (χ4v) is 2.18. The fourth-order valence-electron chi connectivity index (χ4n) is 2.18. The molecule has 3 rings (SSSR count). The van der Waals surface area contributed by atoms with Crippen molar-refractivity contribution in [2.24, 2.45) is 0 Å². The lowest BCUT2D eigenvalue weighted by molar-refractivity contribution is 0.306. The average Bonchev–Trinajstić information content (AvgIpc) is 2.89. The van der Waals surface area contributed by atoms with Crippen molar-refractivity contribution in [3.63, 3.8) is 0 Å². The molecule has 1 aromatic carbocycles. The van der Waals surface area contributed by atoms with E-state index in [1.165, 1.54) is 11.1 Å². The molecule has 0 saturated heterocycles. The van der Waals surface area contributed by atoms with Crippen molar-refractivity contribution in [3.05, 3.63) is 60.0 Å². The summed E-state index contributed by atoms with van der Waals surface area (Å²) >= 11 is 0. The van der Waals surface area contributed by atoms with E-state index in [-0.39, 0.29) is 0 Å². The van der Waals surface area contributed by atoms with Crippen LogP contribution in [0.4, 0.5) is 0 Å². The summed E-state index contributed by atoms with van der Waals surface area (Å²) in [7, 11) is 0. The summed E-state index contributed by atoms with van der Waals surface area (Å²) in [6.45, 7) is 4.91. The lowest BCUT2D eigenvalue weighted by atomic mass is 10.1. The minimum atomic E-state index is 0.502. The summed E-state index contributed by atoms with van der Waals surface area (Å²) in [4.78, 5) is 7.52. The van der Waals surface area contributed by atoms with E-state index in [0.29, 0.717) is 12.5 Å². The Morgan fingerprint density at radius 2 is 2.10 bits per heavy atom. The van der Waals surface area contributed by atoms with E-state index in [1.807, 2.05) is 24.4 Å². The summed E-state index contributed by atoms with van der Waals surface area (Å²) in [6.07, 6.45) is 3.59. The molecule has 0 fully saturated rings. The van der Waals surface area contributed by atoms with Crippen molar-refractivity contribution < 1.29 is 4.74 Å². The summed E-state index contributed by atoms with van der Waals surface area (Å²) in [5.74, 6) is 1.38. The lowest BCUT2D eigenvalue weighted by Gasteiger charge is -2.05. The summed E-state index contributed by atoms with van der Waals surface area (Å²) in [6, 6.07) is 12.3. The smallest absolute Gasteiger partial charge is 0.121 e. The third-order valence-corrected chi connectivity index (χ3v) is 3.37. The highest BCUT2D eigenvalue weighted by molar-refractivity contribution is 5.82. The van der Waals surface area contributed by atoms with E-state index in [0.717, 1.165) is 16.8 Å². The summed E-state index contributed by atoms with van der Waals surface area (Å²) in [5, 5.41) is 1.22. The largest absolute Gasteiger partial charge is 0.489 e. The topological polar surface area (TPSA) is 37.9 Å². The predicted molar refractivity (Wildman–Crippen MR) is 81.0 cm³/mol. The molecule has 0 unspecified atom stereocenters. The molecule has 3 heteroatoms. The zero-order valence-corrected chi connectivity index (χ0v) is 11.8. The zero-order chi connectivity index (χ0) is 13.9. The third kappa shape index (κ3) is 2.67. The van der Waals surface area contributed by atoms with Crippen LogP contribution >= 0.6 is 0 Å². The maximum Gasteiger partial charge on any atom is 0.121 e.